The molecule has 0 unspecified atom stereocenters. The van der Waals surface area contributed by atoms with Crippen LogP contribution >= 0.6 is 0 Å². The molecular weight excluding hydrogens is 582 g/mol. The molecule has 1 aliphatic heterocycles. The van der Waals surface area contributed by atoms with E-state index in [1.54, 1.807) is 58.2 Å². The van der Waals surface area contributed by atoms with Gasteiger partial charge in [-0.3, -0.25) is 14.9 Å². The number of carbonyl (C=O) groups excluding carboxylic acids is 3. The van der Waals surface area contributed by atoms with Crippen LogP contribution in [0, 0.1) is 16.7 Å². The van der Waals surface area contributed by atoms with E-state index in [0.29, 0.717) is 5.52 Å². The zero-order valence-electron chi connectivity index (χ0n) is 26.1. The van der Waals surface area contributed by atoms with Gasteiger partial charge in [-0.25, -0.2) is 14.3 Å². The molecular formula is C31H39N7O7. The molecule has 14 heteroatoms. The molecule has 1 fully saturated rings. The third-order valence-corrected chi connectivity index (χ3v) is 7.79. The highest BCUT2D eigenvalue weighted by atomic mass is 16.6. The molecule has 0 spiro atoms. The zero-order chi connectivity index (χ0) is 33.1. The van der Waals surface area contributed by atoms with Crippen LogP contribution in [0.4, 0.5) is 10.6 Å². The van der Waals surface area contributed by atoms with Gasteiger partial charge in [0.2, 0.25) is 5.60 Å². The van der Waals surface area contributed by atoms with Crippen molar-refractivity contribution in [2.24, 2.45) is 11.1 Å². The minimum atomic E-state index is -2.13. The number of carbonyl (C=O) groups is 3. The largest absolute Gasteiger partial charge is 0.463 e. The van der Waals surface area contributed by atoms with Gasteiger partial charge in [0.25, 0.3) is 0 Å². The molecule has 1 aromatic carbocycles. The number of nitrogens with one attached hydrogen (secondary N) is 1. The third kappa shape index (κ3) is 6.90. The van der Waals surface area contributed by atoms with Gasteiger partial charge in [-0.2, -0.15) is 10.4 Å². The number of hydrogen-bond donors (Lipinski definition) is 3. The Balaban J connectivity index is 1.67. The van der Waals surface area contributed by atoms with Crippen LogP contribution < -0.4 is 11.1 Å². The van der Waals surface area contributed by atoms with Crippen molar-refractivity contribution in [3.05, 3.63) is 60.0 Å². The third-order valence-electron chi connectivity index (χ3n) is 7.79. The minimum absolute atomic E-state index is 0.0282. The van der Waals surface area contributed by atoms with E-state index in [9.17, 15) is 24.8 Å². The topological polar surface area (TPSA) is 194 Å². The second kappa shape index (κ2) is 13.2. The van der Waals surface area contributed by atoms with E-state index in [-0.39, 0.29) is 24.0 Å². The summed E-state index contributed by atoms with van der Waals surface area (Å²) in [4.78, 5) is 44.1. The number of hydrogen-bond acceptors (Lipinski definition) is 11. The van der Waals surface area contributed by atoms with Crippen LogP contribution in [-0.4, -0.2) is 86.6 Å². The maximum absolute atomic E-state index is 13.1. The van der Waals surface area contributed by atoms with Crippen molar-refractivity contribution in [1.29, 1.82) is 5.26 Å². The Morgan fingerprint density at radius 1 is 1.22 bits per heavy atom. The SMILES string of the molecule is CC(C)N(C)C(=O)Nc1ncnn2c([C@]3(C#N)O[C@H](COC(=O)Cc4ccccc4)[C@@H](OC(=O)[C@@H](N)C(C)(C)C)[C@H]3O)ccc12. The summed E-state index contributed by atoms with van der Waals surface area (Å²) >= 11 is 0. The number of fused-ring (bicyclic) bond motifs is 1. The molecule has 3 aromatic rings. The first kappa shape index (κ1) is 33.3. The Hall–Kier alpha value is -4.58. The molecule has 2 amide bonds. The van der Waals surface area contributed by atoms with E-state index in [1.807, 2.05) is 26.0 Å². The lowest BCUT2D eigenvalue weighted by Crippen LogP contribution is -2.49. The first-order valence-corrected chi connectivity index (χ1v) is 14.5. The van der Waals surface area contributed by atoms with Crippen molar-refractivity contribution in [3.8, 4) is 6.07 Å². The van der Waals surface area contributed by atoms with Crippen molar-refractivity contribution in [2.75, 3.05) is 19.0 Å². The van der Waals surface area contributed by atoms with E-state index < -0.39 is 59.9 Å². The maximum Gasteiger partial charge on any atom is 0.323 e. The fourth-order valence-corrected chi connectivity index (χ4v) is 4.73. The fraction of sp³-hybridized carbons (Fsp3) is 0.484. The van der Waals surface area contributed by atoms with E-state index in [2.05, 4.69) is 15.4 Å². The lowest BCUT2D eigenvalue weighted by Gasteiger charge is -2.29. The minimum Gasteiger partial charge on any atom is -0.463 e. The molecule has 4 rings (SSSR count). The maximum atomic E-state index is 13.1. The first-order chi connectivity index (χ1) is 21.2. The van der Waals surface area contributed by atoms with Crippen molar-refractivity contribution >= 4 is 29.3 Å². The van der Waals surface area contributed by atoms with E-state index in [4.69, 9.17) is 19.9 Å². The lowest BCUT2D eigenvalue weighted by molar-refractivity contribution is -0.163. The van der Waals surface area contributed by atoms with Crippen LogP contribution in [0.1, 0.15) is 45.9 Å². The number of aliphatic hydroxyl groups is 1. The number of rotatable bonds is 9. The second-order valence-corrected chi connectivity index (χ2v) is 12.3. The van der Waals surface area contributed by atoms with Crippen LogP contribution in [0.25, 0.3) is 5.52 Å². The molecule has 45 heavy (non-hydrogen) atoms. The van der Waals surface area contributed by atoms with Crippen molar-refractivity contribution in [3.63, 3.8) is 0 Å². The van der Waals surface area contributed by atoms with Gasteiger partial charge < -0.3 is 30.0 Å². The summed E-state index contributed by atoms with van der Waals surface area (Å²) in [5.41, 5.74) is 4.42. The van der Waals surface area contributed by atoms with Crippen LogP contribution in [0.5, 0.6) is 0 Å². The summed E-state index contributed by atoms with van der Waals surface area (Å²) in [7, 11) is 1.63. The predicted octanol–water partition coefficient (Wildman–Crippen LogP) is 2.15. The number of aliphatic hydroxyl groups excluding tert-OH is 1. The first-order valence-electron chi connectivity index (χ1n) is 14.5. The van der Waals surface area contributed by atoms with Crippen LogP contribution in [-0.2, 0) is 35.8 Å². The molecule has 0 aliphatic carbocycles. The summed E-state index contributed by atoms with van der Waals surface area (Å²) in [5, 5.41) is 29.1. The van der Waals surface area contributed by atoms with Crippen molar-refractivity contribution in [1.82, 2.24) is 19.5 Å². The van der Waals surface area contributed by atoms with Gasteiger partial charge in [-0.15, -0.1) is 0 Å². The van der Waals surface area contributed by atoms with Crippen LogP contribution in [0.15, 0.2) is 48.8 Å². The number of amides is 2. The highest BCUT2D eigenvalue weighted by Gasteiger charge is 2.60. The highest BCUT2D eigenvalue weighted by molar-refractivity contribution is 5.92. The molecule has 240 valence electrons. The normalized spacial score (nSPS) is 22.1. The second-order valence-electron chi connectivity index (χ2n) is 12.3. The Morgan fingerprint density at radius 3 is 2.53 bits per heavy atom. The van der Waals surface area contributed by atoms with Gasteiger partial charge in [0, 0.05) is 13.1 Å². The van der Waals surface area contributed by atoms with Gasteiger partial charge >= 0.3 is 18.0 Å². The number of urea groups is 1. The molecule has 1 saturated heterocycles. The summed E-state index contributed by atoms with van der Waals surface area (Å²) in [6.07, 6.45) is -3.30. The Labute approximate surface area is 261 Å². The molecule has 0 bridgehead atoms. The number of nitriles is 1. The lowest BCUT2D eigenvalue weighted by atomic mass is 9.87. The van der Waals surface area contributed by atoms with Gasteiger partial charge in [-0.1, -0.05) is 51.1 Å². The predicted molar refractivity (Wildman–Crippen MR) is 161 cm³/mol. The Kier molecular flexibility index (Phi) is 9.76. The molecule has 0 radical (unpaired) electrons. The van der Waals surface area contributed by atoms with Crippen molar-refractivity contribution < 1.29 is 33.7 Å². The number of benzene rings is 1. The van der Waals surface area contributed by atoms with E-state index in [0.717, 1.165) is 5.56 Å². The monoisotopic (exact) mass is 621 g/mol. The average molecular weight is 622 g/mol. The number of nitrogens with two attached hydrogens (primary N) is 1. The quantitative estimate of drug-likeness (QED) is 0.296. The smallest absolute Gasteiger partial charge is 0.323 e. The number of aromatic nitrogens is 3. The van der Waals surface area contributed by atoms with Gasteiger partial charge in [-0.05, 0) is 37.0 Å². The Bertz CT molecular complexity index is 1580. The molecule has 5 atom stereocenters. The van der Waals surface area contributed by atoms with Gasteiger partial charge in [0.05, 0.1) is 12.1 Å². The molecule has 1 aliphatic rings. The standard InChI is InChI=1S/C31H39N7O7/c1-18(2)37(6)29(42)36-27-20-12-13-22(38(20)35-17-34-27)31(16-32)26(40)24(44-28(41)25(33)30(3,4)5)21(45-31)15-43-23(39)14-19-10-8-7-9-11-19/h7-13,17-18,21,24-26,40H,14-15,33H2,1-6H3,(H,34,35,36,42)/t21-,24-,25-,26-,31+/m1/s1. The molecule has 4 N–H and O–H groups in total. The highest BCUT2D eigenvalue weighted by Crippen LogP contribution is 2.42. The van der Waals surface area contributed by atoms with Crippen molar-refractivity contribution in [2.45, 2.75) is 77.0 Å². The number of nitrogens with zero attached hydrogens (tertiary/aromatic N) is 5. The summed E-state index contributed by atoms with van der Waals surface area (Å²) in [6, 6.07) is 12.4. The average Bonchev–Trinajstić information content (AvgIpc) is 3.55. The van der Waals surface area contributed by atoms with Gasteiger partial charge in [0.15, 0.2) is 11.9 Å². The molecule has 0 saturated carbocycles. The van der Waals surface area contributed by atoms with Crippen LogP contribution in [0.2, 0.25) is 0 Å². The summed E-state index contributed by atoms with van der Waals surface area (Å²) < 4.78 is 18.6. The Morgan fingerprint density at radius 2 is 1.91 bits per heavy atom. The molecule has 14 nitrogen and oxygen atoms in total. The summed E-state index contributed by atoms with van der Waals surface area (Å²) in [5.74, 6) is -1.26. The number of ether oxygens (including phenoxy) is 3. The van der Waals surface area contributed by atoms with Crippen LogP contribution in [0.3, 0.4) is 0 Å². The zero-order valence-corrected chi connectivity index (χ0v) is 26.1. The fourth-order valence-electron chi connectivity index (χ4n) is 4.73. The summed E-state index contributed by atoms with van der Waals surface area (Å²) in [6.45, 7) is 8.54. The number of anilines is 1. The number of esters is 2. The van der Waals surface area contributed by atoms with E-state index in [1.165, 1.54) is 21.8 Å². The molecule has 2 aromatic heterocycles. The van der Waals surface area contributed by atoms with E-state index >= 15 is 0 Å². The molecule has 3 heterocycles. The van der Waals surface area contributed by atoms with Gasteiger partial charge in [0.1, 0.15) is 42.8 Å².